The van der Waals surface area contributed by atoms with Gasteiger partial charge in [0.15, 0.2) is 0 Å². The molecule has 1 aromatic carbocycles. The standard InChI is InChI=1S/C10H5BrF6O2/c1-19-8(18)5-2-4(9(12,13)14)3-6(11)7(5)10(15,16)17/h2-3H,1H3. The van der Waals surface area contributed by atoms with Crippen LogP contribution in [0, 0.1) is 0 Å². The summed E-state index contributed by atoms with van der Waals surface area (Å²) in [5.41, 5.74) is -4.09. The summed E-state index contributed by atoms with van der Waals surface area (Å²) in [5, 5.41) is 0. The Labute approximate surface area is 111 Å². The molecular formula is C10H5BrF6O2. The van der Waals surface area contributed by atoms with Crippen molar-refractivity contribution in [1.29, 1.82) is 0 Å². The number of rotatable bonds is 1. The lowest BCUT2D eigenvalue weighted by Crippen LogP contribution is -2.17. The van der Waals surface area contributed by atoms with Crippen LogP contribution in [0.1, 0.15) is 21.5 Å². The van der Waals surface area contributed by atoms with E-state index < -0.39 is 39.5 Å². The molecule has 0 aromatic heterocycles. The molecule has 0 heterocycles. The molecule has 0 atom stereocenters. The number of carbonyl (C=O) groups is 1. The number of ether oxygens (including phenoxy) is 1. The number of esters is 1. The van der Waals surface area contributed by atoms with Gasteiger partial charge in [0.25, 0.3) is 0 Å². The summed E-state index contributed by atoms with van der Waals surface area (Å²) in [6.45, 7) is 0. The Morgan fingerprint density at radius 1 is 1.11 bits per heavy atom. The van der Waals surface area contributed by atoms with Crippen molar-refractivity contribution in [2.24, 2.45) is 0 Å². The lowest BCUT2D eigenvalue weighted by molar-refractivity contribution is -0.142. The lowest BCUT2D eigenvalue weighted by atomic mass is 10.0. The average molecular weight is 351 g/mol. The number of hydrogen-bond acceptors (Lipinski definition) is 2. The van der Waals surface area contributed by atoms with Crippen LogP contribution in [0.2, 0.25) is 0 Å². The summed E-state index contributed by atoms with van der Waals surface area (Å²) in [7, 11) is 0.774. The molecule has 2 nitrogen and oxygen atoms in total. The van der Waals surface area contributed by atoms with Crippen molar-refractivity contribution in [3.05, 3.63) is 33.3 Å². The quantitative estimate of drug-likeness (QED) is 0.558. The fourth-order valence-electron chi connectivity index (χ4n) is 1.33. The molecule has 0 aliphatic heterocycles. The van der Waals surface area contributed by atoms with Gasteiger partial charge in [-0.25, -0.2) is 4.79 Å². The van der Waals surface area contributed by atoms with Crippen molar-refractivity contribution >= 4 is 21.9 Å². The van der Waals surface area contributed by atoms with Crippen LogP contribution in [0.3, 0.4) is 0 Å². The van der Waals surface area contributed by atoms with Gasteiger partial charge >= 0.3 is 18.3 Å². The van der Waals surface area contributed by atoms with E-state index in [9.17, 15) is 31.1 Å². The minimum Gasteiger partial charge on any atom is -0.465 e. The smallest absolute Gasteiger partial charge is 0.418 e. The van der Waals surface area contributed by atoms with Crippen LogP contribution in [0.15, 0.2) is 16.6 Å². The monoisotopic (exact) mass is 350 g/mol. The number of alkyl halides is 6. The van der Waals surface area contributed by atoms with Crippen molar-refractivity contribution in [3.8, 4) is 0 Å². The first-order valence-electron chi connectivity index (χ1n) is 4.54. The highest BCUT2D eigenvalue weighted by molar-refractivity contribution is 9.10. The maximum absolute atomic E-state index is 12.7. The molecule has 9 heteroatoms. The van der Waals surface area contributed by atoms with Gasteiger partial charge in [0.2, 0.25) is 0 Å². The van der Waals surface area contributed by atoms with Crippen LogP contribution in [0.4, 0.5) is 26.3 Å². The topological polar surface area (TPSA) is 26.3 Å². The summed E-state index contributed by atoms with van der Waals surface area (Å²) in [4.78, 5) is 11.2. The molecule has 0 N–H and O–H groups in total. The van der Waals surface area contributed by atoms with Gasteiger partial charge in [0.05, 0.1) is 23.8 Å². The SMILES string of the molecule is COC(=O)c1cc(C(F)(F)F)cc(Br)c1C(F)(F)F. The van der Waals surface area contributed by atoms with Crippen LogP contribution in [0.25, 0.3) is 0 Å². The summed E-state index contributed by atoms with van der Waals surface area (Å²) in [5.74, 6) is -1.50. The van der Waals surface area contributed by atoms with E-state index in [1.807, 2.05) is 0 Å². The first-order chi connectivity index (χ1) is 8.48. The highest BCUT2D eigenvalue weighted by Gasteiger charge is 2.41. The van der Waals surface area contributed by atoms with Crippen molar-refractivity contribution in [1.82, 2.24) is 0 Å². The molecule has 0 spiro atoms. The minimum atomic E-state index is -4.99. The Kier molecular flexibility index (Phi) is 4.18. The zero-order valence-corrected chi connectivity index (χ0v) is 10.7. The lowest BCUT2D eigenvalue weighted by Gasteiger charge is -2.16. The second-order valence-electron chi connectivity index (χ2n) is 3.37. The summed E-state index contributed by atoms with van der Waals surface area (Å²) in [6, 6.07) is 0.370. The molecule has 0 aliphatic carbocycles. The van der Waals surface area contributed by atoms with Crippen LogP contribution in [-0.2, 0) is 17.1 Å². The molecule has 0 fully saturated rings. The second kappa shape index (κ2) is 5.03. The third-order valence-corrected chi connectivity index (χ3v) is 2.73. The van der Waals surface area contributed by atoms with E-state index in [0.29, 0.717) is 0 Å². The Hall–Kier alpha value is -1.25. The van der Waals surface area contributed by atoms with Gasteiger partial charge in [-0.1, -0.05) is 15.9 Å². The fraction of sp³-hybridized carbons (Fsp3) is 0.300. The normalized spacial score (nSPS) is 12.4. The highest BCUT2D eigenvalue weighted by Crippen LogP contribution is 2.41. The van der Waals surface area contributed by atoms with Crippen molar-refractivity contribution < 1.29 is 35.9 Å². The average Bonchev–Trinajstić information content (AvgIpc) is 2.23. The van der Waals surface area contributed by atoms with Gasteiger partial charge in [0.1, 0.15) is 0 Å². The zero-order valence-electron chi connectivity index (χ0n) is 9.12. The maximum Gasteiger partial charge on any atom is 0.418 e. The van der Waals surface area contributed by atoms with Crippen LogP contribution in [0.5, 0.6) is 0 Å². The van der Waals surface area contributed by atoms with Crippen molar-refractivity contribution in [2.45, 2.75) is 12.4 Å². The first-order valence-corrected chi connectivity index (χ1v) is 5.34. The fourth-order valence-corrected chi connectivity index (χ4v) is 2.01. The molecule has 106 valence electrons. The molecule has 1 aromatic rings. The Bertz CT molecular complexity index is 506. The molecule has 19 heavy (non-hydrogen) atoms. The minimum absolute atomic E-state index is 0.111. The summed E-state index contributed by atoms with van der Waals surface area (Å²) < 4.78 is 78.8. The predicted octanol–water partition coefficient (Wildman–Crippen LogP) is 4.27. The molecule has 1 rings (SSSR count). The summed E-state index contributed by atoms with van der Waals surface area (Å²) >= 11 is 2.40. The van der Waals surface area contributed by atoms with Gasteiger partial charge in [-0.3, -0.25) is 0 Å². The first kappa shape index (κ1) is 15.8. The largest absolute Gasteiger partial charge is 0.465 e. The van der Waals surface area contributed by atoms with E-state index in [1.165, 1.54) is 0 Å². The number of hydrogen-bond donors (Lipinski definition) is 0. The number of methoxy groups -OCH3 is 1. The van der Waals surface area contributed by atoms with Crippen LogP contribution >= 0.6 is 15.9 Å². The Balaban J connectivity index is 3.62. The molecule has 0 amide bonds. The molecule has 0 saturated heterocycles. The van der Waals surface area contributed by atoms with Gasteiger partial charge in [-0.05, 0) is 12.1 Å². The molecule has 0 radical (unpaired) electrons. The highest BCUT2D eigenvalue weighted by atomic mass is 79.9. The molecule has 0 saturated carbocycles. The number of benzene rings is 1. The van der Waals surface area contributed by atoms with E-state index in [0.717, 1.165) is 7.11 Å². The molecule has 0 unspecified atom stereocenters. The number of carbonyl (C=O) groups excluding carboxylic acids is 1. The van der Waals surface area contributed by atoms with E-state index in [-0.39, 0.29) is 12.1 Å². The Morgan fingerprint density at radius 3 is 2.00 bits per heavy atom. The molecule has 0 aliphatic rings. The van der Waals surface area contributed by atoms with Crippen LogP contribution in [-0.4, -0.2) is 13.1 Å². The number of halogens is 7. The molecule has 0 bridgehead atoms. The third kappa shape index (κ3) is 3.40. The van der Waals surface area contributed by atoms with Crippen molar-refractivity contribution in [3.63, 3.8) is 0 Å². The van der Waals surface area contributed by atoms with Crippen LogP contribution < -0.4 is 0 Å². The zero-order chi connectivity index (χ0) is 15.0. The Morgan fingerprint density at radius 2 is 1.63 bits per heavy atom. The van der Waals surface area contributed by atoms with E-state index in [2.05, 4.69) is 20.7 Å². The van der Waals surface area contributed by atoms with Gasteiger partial charge in [0, 0.05) is 4.47 Å². The van der Waals surface area contributed by atoms with Gasteiger partial charge in [-0.2, -0.15) is 26.3 Å². The van der Waals surface area contributed by atoms with E-state index >= 15 is 0 Å². The predicted molar refractivity (Wildman–Crippen MR) is 55.5 cm³/mol. The summed E-state index contributed by atoms with van der Waals surface area (Å²) in [6.07, 6.45) is -9.87. The third-order valence-electron chi connectivity index (χ3n) is 2.11. The maximum atomic E-state index is 12.7. The van der Waals surface area contributed by atoms with Gasteiger partial charge < -0.3 is 4.74 Å². The van der Waals surface area contributed by atoms with Crippen molar-refractivity contribution in [2.75, 3.05) is 7.11 Å². The van der Waals surface area contributed by atoms with E-state index in [1.54, 1.807) is 0 Å². The molecular weight excluding hydrogens is 346 g/mol. The van der Waals surface area contributed by atoms with Gasteiger partial charge in [-0.15, -0.1) is 0 Å². The second-order valence-corrected chi connectivity index (χ2v) is 4.22. The van der Waals surface area contributed by atoms with E-state index in [4.69, 9.17) is 0 Å².